The van der Waals surface area contributed by atoms with Crippen LogP contribution in [0.1, 0.15) is 18.5 Å². The predicted molar refractivity (Wildman–Crippen MR) is 87.2 cm³/mol. The Labute approximate surface area is 137 Å². The fraction of sp³-hybridized carbons (Fsp3) is 0.235. The van der Waals surface area contributed by atoms with E-state index < -0.39 is 0 Å². The van der Waals surface area contributed by atoms with E-state index in [1.165, 1.54) is 11.0 Å². The molecule has 0 bridgehead atoms. The van der Waals surface area contributed by atoms with Gasteiger partial charge in [0.2, 0.25) is 0 Å². The van der Waals surface area contributed by atoms with Crippen LogP contribution in [0.2, 0.25) is 0 Å². The molecule has 0 aliphatic rings. The number of nitrogens with zero attached hydrogens (tertiary/aromatic N) is 1. The Morgan fingerprint density at radius 2 is 1.86 bits per heavy atom. The first kappa shape index (κ1) is 16.5. The molecule has 22 heavy (non-hydrogen) atoms. The van der Waals surface area contributed by atoms with Crippen LogP contribution in [0.3, 0.4) is 0 Å². The van der Waals surface area contributed by atoms with E-state index in [1.54, 1.807) is 44.3 Å². The third-order valence-electron chi connectivity index (χ3n) is 3.51. The van der Waals surface area contributed by atoms with E-state index in [2.05, 4.69) is 15.9 Å². The molecule has 0 N–H and O–H groups in total. The molecule has 0 aliphatic carbocycles. The molecule has 2 aromatic carbocycles. The van der Waals surface area contributed by atoms with Gasteiger partial charge in [-0.1, -0.05) is 34.1 Å². The molecule has 2 rings (SSSR count). The van der Waals surface area contributed by atoms with E-state index in [0.29, 0.717) is 11.3 Å². The summed E-state index contributed by atoms with van der Waals surface area (Å²) in [6.07, 6.45) is 0. The first-order chi connectivity index (χ1) is 10.5. The van der Waals surface area contributed by atoms with Crippen molar-refractivity contribution in [2.24, 2.45) is 0 Å². The van der Waals surface area contributed by atoms with Crippen LogP contribution in [0.5, 0.6) is 5.75 Å². The molecule has 0 radical (unpaired) electrons. The van der Waals surface area contributed by atoms with Gasteiger partial charge in [-0.3, -0.25) is 4.79 Å². The van der Waals surface area contributed by atoms with Gasteiger partial charge in [0.15, 0.2) is 6.61 Å². The zero-order valence-corrected chi connectivity index (χ0v) is 14.0. The zero-order chi connectivity index (χ0) is 16.1. The van der Waals surface area contributed by atoms with Crippen molar-refractivity contribution in [1.82, 2.24) is 4.90 Å². The molecule has 0 saturated heterocycles. The van der Waals surface area contributed by atoms with Crippen LogP contribution in [0.4, 0.5) is 4.39 Å². The molecule has 0 fully saturated rings. The summed E-state index contributed by atoms with van der Waals surface area (Å²) in [7, 11) is 1.64. The molecule has 2 aromatic rings. The number of amides is 1. The number of hydrogen-bond donors (Lipinski definition) is 0. The molecule has 116 valence electrons. The average Bonchev–Trinajstić information content (AvgIpc) is 2.53. The Balaban J connectivity index is 1.97. The van der Waals surface area contributed by atoms with Crippen molar-refractivity contribution < 1.29 is 13.9 Å². The minimum atomic E-state index is -0.359. The van der Waals surface area contributed by atoms with E-state index in [9.17, 15) is 9.18 Å². The van der Waals surface area contributed by atoms with Gasteiger partial charge in [0.1, 0.15) is 11.6 Å². The van der Waals surface area contributed by atoms with Gasteiger partial charge >= 0.3 is 0 Å². The lowest BCUT2D eigenvalue weighted by Crippen LogP contribution is -2.34. The van der Waals surface area contributed by atoms with E-state index >= 15 is 0 Å². The van der Waals surface area contributed by atoms with Crippen LogP contribution in [0.15, 0.2) is 53.0 Å². The van der Waals surface area contributed by atoms with Gasteiger partial charge in [-0.25, -0.2) is 4.39 Å². The van der Waals surface area contributed by atoms with Crippen molar-refractivity contribution in [3.8, 4) is 5.75 Å². The van der Waals surface area contributed by atoms with Gasteiger partial charge in [0.25, 0.3) is 5.91 Å². The van der Waals surface area contributed by atoms with Crippen LogP contribution in [0.25, 0.3) is 0 Å². The van der Waals surface area contributed by atoms with Gasteiger partial charge in [0, 0.05) is 17.1 Å². The van der Waals surface area contributed by atoms with E-state index in [1.807, 2.05) is 12.1 Å². The maximum absolute atomic E-state index is 13.8. The number of carbonyl (C=O) groups excluding carboxylic acids is 1. The molecule has 1 atom stereocenters. The third-order valence-corrected chi connectivity index (χ3v) is 4.03. The first-order valence-electron chi connectivity index (χ1n) is 6.87. The lowest BCUT2D eigenvalue weighted by Gasteiger charge is -2.25. The van der Waals surface area contributed by atoms with Gasteiger partial charge in [-0.15, -0.1) is 0 Å². The summed E-state index contributed by atoms with van der Waals surface area (Å²) in [4.78, 5) is 13.7. The average molecular weight is 366 g/mol. The predicted octanol–water partition coefficient (Wildman–Crippen LogP) is 4.19. The summed E-state index contributed by atoms with van der Waals surface area (Å²) in [5.74, 6) is 0.0886. The van der Waals surface area contributed by atoms with E-state index in [-0.39, 0.29) is 24.4 Å². The van der Waals surface area contributed by atoms with Crippen molar-refractivity contribution in [1.29, 1.82) is 0 Å². The number of rotatable bonds is 5. The second-order valence-corrected chi connectivity index (χ2v) is 5.86. The van der Waals surface area contributed by atoms with E-state index in [0.717, 1.165) is 4.47 Å². The standard InChI is InChI=1S/C17H17BrFNO2/c1-12(15-5-3-4-6-16(15)19)20(2)17(21)11-22-14-9-7-13(18)8-10-14/h3-10,12H,11H2,1-2H3. The lowest BCUT2D eigenvalue weighted by molar-refractivity contribution is -0.134. The van der Waals surface area contributed by atoms with Gasteiger partial charge in [-0.05, 0) is 37.3 Å². The number of likely N-dealkylation sites (N-methyl/N-ethyl adjacent to an activating group) is 1. The number of ether oxygens (including phenoxy) is 1. The van der Waals surface area contributed by atoms with Crippen LogP contribution in [0, 0.1) is 5.82 Å². The molecule has 1 amide bonds. The Morgan fingerprint density at radius 1 is 1.23 bits per heavy atom. The van der Waals surface area contributed by atoms with E-state index in [4.69, 9.17) is 4.74 Å². The van der Waals surface area contributed by atoms with Crippen molar-refractivity contribution in [3.63, 3.8) is 0 Å². The summed E-state index contributed by atoms with van der Waals surface area (Å²) >= 11 is 3.33. The topological polar surface area (TPSA) is 29.5 Å². The molecule has 0 aromatic heterocycles. The first-order valence-corrected chi connectivity index (χ1v) is 7.67. The minimum absolute atomic E-state index is 0.0864. The SMILES string of the molecule is CC(c1ccccc1F)N(C)C(=O)COc1ccc(Br)cc1. The molecule has 3 nitrogen and oxygen atoms in total. The summed E-state index contributed by atoms with van der Waals surface area (Å²) in [5, 5.41) is 0. The highest BCUT2D eigenvalue weighted by Crippen LogP contribution is 2.22. The monoisotopic (exact) mass is 365 g/mol. The summed E-state index contributed by atoms with van der Waals surface area (Å²) < 4.78 is 20.2. The molecule has 0 saturated carbocycles. The number of halogens is 2. The van der Waals surface area contributed by atoms with Crippen molar-refractivity contribution in [2.45, 2.75) is 13.0 Å². The van der Waals surface area contributed by atoms with Gasteiger partial charge in [0.05, 0.1) is 6.04 Å². The minimum Gasteiger partial charge on any atom is -0.484 e. The Morgan fingerprint density at radius 3 is 2.50 bits per heavy atom. The fourth-order valence-electron chi connectivity index (χ4n) is 2.02. The Bertz CT molecular complexity index is 645. The number of carbonyl (C=O) groups is 1. The molecular weight excluding hydrogens is 349 g/mol. The highest BCUT2D eigenvalue weighted by atomic mass is 79.9. The normalized spacial score (nSPS) is 11.8. The van der Waals surface area contributed by atoms with Crippen LogP contribution >= 0.6 is 15.9 Å². The fourth-order valence-corrected chi connectivity index (χ4v) is 2.28. The number of benzene rings is 2. The largest absolute Gasteiger partial charge is 0.484 e. The lowest BCUT2D eigenvalue weighted by atomic mass is 10.1. The van der Waals surface area contributed by atoms with Gasteiger partial charge < -0.3 is 9.64 Å². The summed E-state index contributed by atoms with van der Waals surface area (Å²) in [6.45, 7) is 1.70. The maximum Gasteiger partial charge on any atom is 0.260 e. The Kier molecular flexibility index (Phi) is 5.55. The molecular formula is C17H17BrFNO2. The van der Waals surface area contributed by atoms with Crippen LogP contribution in [-0.4, -0.2) is 24.5 Å². The second-order valence-electron chi connectivity index (χ2n) is 4.94. The highest BCUT2D eigenvalue weighted by molar-refractivity contribution is 9.10. The smallest absolute Gasteiger partial charge is 0.260 e. The second kappa shape index (κ2) is 7.40. The quantitative estimate of drug-likeness (QED) is 0.794. The Hall–Kier alpha value is -1.88. The summed E-state index contributed by atoms with van der Waals surface area (Å²) in [5.41, 5.74) is 0.488. The maximum atomic E-state index is 13.8. The van der Waals surface area contributed by atoms with Crippen molar-refractivity contribution in [2.75, 3.05) is 13.7 Å². The van der Waals surface area contributed by atoms with Crippen molar-refractivity contribution in [3.05, 3.63) is 64.4 Å². The van der Waals surface area contributed by atoms with Crippen molar-refractivity contribution >= 4 is 21.8 Å². The highest BCUT2D eigenvalue weighted by Gasteiger charge is 2.20. The number of hydrogen-bond acceptors (Lipinski definition) is 2. The van der Waals surface area contributed by atoms with Crippen LogP contribution in [-0.2, 0) is 4.79 Å². The molecule has 0 aliphatic heterocycles. The molecule has 0 heterocycles. The molecule has 1 unspecified atom stereocenters. The molecule has 0 spiro atoms. The van der Waals surface area contributed by atoms with Gasteiger partial charge in [-0.2, -0.15) is 0 Å². The van der Waals surface area contributed by atoms with Crippen LogP contribution < -0.4 is 4.74 Å². The third kappa shape index (κ3) is 4.07. The molecule has 5 heteroatoms. The zero-order valence-electron chi connectivity index (χ0n) is 12.4. The summed E-state index contributed by atoms with van der Waals surface area (Å²) in [6, 6.07) is 13.3.